The molecule has 2 atom stereocenters. The third-order valence-corrected chi connectivity index (χ3v) is 8.04. The highest BCUT2D eigenvalue weighted by molar-refractivity contribution is 5.88. The van der Waals surface area contributed by atoms with Gasteiger partial charge in [-0.15, -0.1) is 0 Å². The van der Waals surface area contributed by atoms with Crippen LogP contribution in [-0.4, -0.2) is 22.2 Å². The molecule has 240 valence electrons. The van der Waals surface area contributed by atoms with Crippen LogP contribution in [0, 0.1) is 0 Å². The monoisotopic (exact) mass is 602 g/mol. The molecule has 0 aromatic heterocycles. The van der Waals surface area contributed by atoms with E-state index >= 15 is 0 Å². The van der Waals surface area contributed by atoms with Gasteiger partial charge in [0.1, 0.15) is 11.9 Å². The molecule has 1 unspecified atom stereocenters. The zero-order valence-electron chi connectivity index (χ0n) is 28.0. The van der Waals surface area contributed by atoms with Crippen molar-refractivity contribution in [2.45, 2.75) is 124 Å². The summed E-state index contributed by atoms with van der Waals surface area (Å²) in [5, 5.41) is 17.0. The second-order valence-corrected chi connectivity index (χ2v) is 12.9. The molecule has 3 aromatic rings. The van der Waals surface area contributed by atoms with Gasteiger partial charge in [0, 0.05) is 6.42 Å². The normalized spacial score (nSPS) is 14.6. The number of carbonyl (C=O) groups is 2. The van der Waals surface area contributed by atoms with Crippen molar-refractivity contribution in [2.24, 2.45) is 0 Å². The molecule has 0 aliphatic heterocycles. The van der Waals surface area contributed by atoms with E-state index in [-0.39, 0.29) is 11.5 Å². The number of hydrogen-bond donors (Lipinski definition) is 2. The van der Waals surface area contributed by atoms with E-state index in [1.165, 1.54) is 40.7 Å². The Kier molecular flexibility index (Phi) is 15.2. The Hall–Kier alpha value is -3.60. The van der Waals surface area contributed by atoms with Crippen molar-refractivity contribution in [1.82, 2.24) is 0 Å². The van der Waals surface area contributed by atoms with E-state index in [4.69, 9.17) is 14.9 Å². The van der Waals surface area contributed by atoms with Crippen molar-refractivity contribution in [3.63, 3.8) is 0 Å². The van der Waals surface area contributed by atoms with Gasteiger partial charge in [-0.1, -0.05) is 109 Å². The molecule has 0 amide bonds. The van der Waals surface area contributed by atoms with Crippen LogP contribution < -0.4 is 4.74 Å². The fourth-order valence-electron chi connectivity index (χ4n) is 5.32. The molecular weight excluding hydrogens is 548 g/mol. The van der Waals surface area contributed by atoms with Gasteiger partial charge in [-0.2, -0.15) is 0 Å². The first kappa shape index (κ1) is 36.6. The number of carboxylic acid groups (broad SMARTS) is 2. The minimum absolute atomic E-state index is 0.0621. The lowest BCUT2D eigenvalue weighted by atomic mass is 9.83. The standard InChI is InChI=1S/C21H28O.C12H14O2.C6H12O2/c1-6-9-18-10-7-8-11-20(18)22-16(2)17-12-14-19(15-13-17)21(3,4)5;1-8-3-2-4-9-7-10(12(13)14)5-6-11(8)9;1-2-3-4-5-6(7)8/h7-8,10-16H,6,9H2,1-5H3;5-8H,2-4H2,1H3,(H,13,14);2-5H2,1H3,(H,7,8)/t16-;;/m0../s1. The largest absolute Gasteiger partial charge is 0.486 e. The van der Waals surface area contributed by atoms with Crippen LogP contribution in [-0.2, 0) is 23.1 Å². The first-order valence-electron chi connectivity index (χ1n) is 16.3. The SMILES string of the molecule is CC1CCCc2cc(C(=O)O)ccc21.CCCCCC(=O)O.CCCc1ccccc1O[C@@H](C)c1ccc(C(C)(C)C)cc1. The molecule has 0 saturated carbocycles. The molecule has 5 heteroatoms. The number of para-hydroxylation sites is 1. The maximum Gasteiger partial charge on any atom is 0.335 e. The van der Waals surface area contributed by atoms with Crippen molar-refractivity contribution >= 4 is 11.9 Å². The van der Waals surface area contributed by atoms with E-state index in [0.29, 0.717) is 17.9 Å². The molecular formula is C39H54O5. The number of rotatable bonds is 10. The lowest BCUT2D eigenvalue weighted by Gasteiger charge is -2.22. The van der Waals surface area contributed by atoms with Crippen LogP contribution in [0.25, 0.3) is 0 Å². The molecule has 0 radical (unpaired) electrons. The van der Waals surface area contributed by atoms with E-state index < -0.39 is 11.9 Å². The summed E-state index contributed by atoms with van der Waals surface area (Å²) in [7, 11) is 0. The summed E-state index contributed by atoms with van der Waals surface area (Å²) in [6.45, 7) is 15.3. The summed E-state index contributed by atoms with van der Waals surface area (Å²) in [6.07, 6.45) is 8.96. The number of carboxylic acids is 2. The molecule has 1 aliphatic rings. The van der Waals surface area contributed by atoms with Crippen LogP contribution >= 0.6 is 0 Å². The van der Waals surface area contributed by atoms with E-state index in [1.54, 1.807) is 6.07 Å². The van der Waals surface area contributed by atoms with Gasteiger partial charge in [-0.05, 0) is 96.4 Å². The van der Waals surface area contributed by atoms with Crippen molar-refractivity contribution in [1.29, 1.82) is 0 Å². The Balaban J connectivity index is 0.000000261. The Morgan fingerprint density at radius 3 is 2.20 bits per heavy atom. The second-order valence-electron chi connectivity index (χ2n) is 12.9. The Morgan fingerprint density at radius 2 is 1.61 bits per heavy atom. The van der Waals surface area contributed by atoms with E-state index in [1.807, 2.05) is 18.2 Å². The first-order valence-corrected chi connectivity index (χ1v) is 16.3. The fourth-order valence-corrected chi connectivity index (χ4v) is 5.32. The predicted molar refractivity (Wildman–Crippen MR) is 181 cm³/mol. The number of hydrogen-bond acceptors (Lipinski definition) is 3. The van der Waals surface area contributed by atoms with Crippen LogP contribution in [0.15, 0.2) is 66.7 Å². The van der Waals surface area contributed by atoms with Crippen LogP contribution in [0.5, 0.6) is 5.75 Å². The number of benzene rings is 3. The molecule has 44 heavy (non-hydrogen) atoms. The molecule has 4 rings (SSSR count). The molecule has 0 heterocycles. The summed E-state index contributed by atoms with van der Waals surface area (Å²) in [6, 6.07) is 22.7. The summed E-state index contributed by atoms with van der Waals surface area (Å²) < 4.78 is 6.21. The van der Waals surface area contributed by atoms with Crippen LogP contribution in [0.3, 0.4) is 0 Å². The Labute approximate surface area is 265 Å². The van der Waals surface area contributed by atoms with E-state index in [2.05, 4.69) is 90.9 Å². The molecule has 0 bridgehead atoms. The summed E-state index contributed by atoms with van der Waals surface area (Å²) in [5.74, 6) is 0.0859. The highest BCUT2D eigenvalue weighted by Crippen LogP contribution is 2.32. The molecule has 5 nitrogen and oxygen atoms in total. The molecule has 0 spiro atoms. The fraction of sp³-hybridized carbons (Fsp3) is 0.487. The Bertz CT molecular complexity index is 1300. The van der Waals surface area contributed by atoms with Crippen molar-refractivity contribution in [2.75, 3.05) is 0 Å². The van der Waals surface area contributed by atoms with Crippen molar-refractivity contribution in [3.8, 4) is 5.75 Å². The highest BCUT2D eigenvalue weighted by atomic mass is 16.5. The maximum atomic E-state index is 10.8. The van der Waals surface area contributed by atoms with E-state index in [0.717, 1.165) is 44.3 Å². The average molecular weight is 603 g/mol. The first-order chi connectivity index (χ1) is 20.9. The number of ether oxygens (including phenoxy) is 1. The van der Waals surface area contributed by atoms with Gasteiger partial charge in [0.25, 0.3) is 0 Å². The predicted octanol–water partition coefficient (Wildman–Crippen LogP) is 10.6. The zero-order valence-corrected chi connectivity index (χ0v) is 28.0. The number of aliphatic carboxylic acids is 1. The maximum absolute atomic E-state index is 10.8. The van der Waals surface area contributed by atoms with Gasteiger partial charge >= 0.3 is 11.9 Å². The lowest BCUT2D eigenvalue weighted by Crippen LogP contribution is -2.11. The third-order valence-electron chi connectivity index (χ3n) is 8.04. The highest BCUT2D eigenvalue weighted by Gasteiger charge is 2.18. The Morgan fingerprint density at radius 1 is 0.932 bits per heavy atom. The number of aromatic carboxylic acids is 1. The smallest absolute Gasteiger partial charge is 0.335 e. The van der Waals surface area contributed by atoms with Crippen LogP contribution in [0.1, 0.15) is 144 Å². The van der Waals surface area contributed by atoms with Gasteiger partial charge in [0.2, 0.25) is 0 Å². The zero-order chi connectivity index (χ0) is 32.7. The minimum Gasteiger partial charge on any atom is -0.486 e. The minimum atomic E-state index is -0.828. The number of fused-ring (bicyclic) bond motifs is 1. The number of aryl methyl sites for hydroxylation is 2. The quantitative estimate of drug-likeness (QED) is 0.226. The molecule has 1 aliphatic carbocycles. The molecule has 0 fully saturated rings. The van der Waals surface area contributed by atoms with Crippen LogP contribution in [0.2, 0.25) is 0 Å². The van der Waals surface area contributed by atoms with Crippen molar-refractivity contribution in [3.05, 3.63) is 100 Å². The van der Waals surface area contributed by atoms with Gasteiger partial charge in [0.15, 0.2) is 0 Å². The molecule has 0 saturated heterocycles. The summed E-state index contributed by atoms with van der Waals surface area (Å²) in [4.78, 5) is 20.6. The number of unbranched alkanes of at least 4 members (excludes halogenated alkanes) is 2. The van der Waals surface area contributed by atoms with Gasteiger partial charge < -0.3 is 14.9 Å². The topological polar surface area (TPSA) is 83.8 Å². The van der Waals surface area contributed by atoms with Crippen molar-refractivity contribution < 1.29 is 24.5 Å². The second kappa shape index (κ2) is 18.3. The summed E-state index contributed by atoms with van der Waals surface area (Å²) in [5.41, 5.74) is 7.04. The van der Waals surface area contributed by atoms with E-state index in [9.17, 15) is 9.59 Å². The third kappa shape index (κ3) is 12.2. The van der Waals surface area contributed by atoms with Gasteiger partial charge in [-0.3, -0.25) is 4.79 Å². The van der Waals surface area contributed by atoms with Gasteiger partial charge in [-0.25, -0.2) is 4.79 Å². The molecule has 3 aromatic carbocycles. The molecule has 2 N–H and O–H groups in total. The average Bonchev–Trinajstić information content (AvgIpc) is 2.98. The lowest BCUT2D eigenvalue weighted by molar-refractivity contribution is -0.137. The van der Waals surface area contributed by atoms with Crippen LogP contribution in [0.4, 0.5) is 0 Å². The summed E-state index contributed by atoms with van der Waals surface area (Å²) >= 11 is 0. The van der Waals surface area contributed by atoms with Gasteiger partial charge in [0.05, 0.1) is 5.56 Å².